The van der Waals surface area contributed by atoms with Gasteiger partial charge >= 0.3 is 0 Å². The van der Waals surface area contributed by atoms with Crippen molar-refractivity contribution in [2.75, 3.05) is 0 Å². The summed E-state index contributed by atoms with van der Waals surface area (Å²) in [6, 6.07) is 23.9. The van der Waals surface area contributed by atoms with Gasteiger partial charge < -0.3 is 0 Å². The number of aryl methyl sites for hydroxylation is 1. The summed E-state index contributed by atoms with van der Waals surface area (Å²) in [4.78, 5) is 0.249. The topological polar surface area (TPSA) is 37.4 Å². The standard InChI is InChI=1S/C23H24ClNO2S/c1-3-23(20-7-5-4-6-8-20)25(17-19-11-9-18(2)10-12-19)28(26,27)22-15-13-21(24)14-16-22/h4-16,23H,3,17H2,1-2H3/t23-/m0/s1. The van der Waals surface area contributed by atoms with Gasteiger partial charge in [0.1, 0.15) is 0 Å². The van der Waals surface area contributed by atoms with Crippen molar-refractivity contribution in [3.8, 4) is 0 Å². The normalized spacial score (nSPS) is 12.9. The summed E-state index contributed by atoms with van der Waals surface area (Å²) in [5.41, 5.74) is 3.08. The summed E-state index contributed by atoms with van der Waals surface area (Å²) in [6.07, 6.45) is 0.669. The maximum Gasteiger partial charge on any atom is 0.243 e. The summed E-state index contributed by atoms with van der Waals surface area (Å²) in [6.45, 7) is 4.33. The highest BCUT2D eigenvalue weighted by Gasteiger charge is 2.31. The summed E-state index contributed by atoms with van der Waals surface area (Å²) in [5.74, 6) is 0. The molecule has 3 aromatic rings. The third-order valence-electron chi connectivity index (χ3n) is 4.80. The molecule has 3 nitrogen and oxygen atoms in total. The minimum absolute atomic E-state index is 0.249. The predicted octanol–water partition coefficient (Wildman–Crippen LogP) is 5.99. The van der Waals surface area contributed by atoms with Gasteiger partial charge in [-0.15, -0.1) is 0 Å². The van der Waals surface area contributed by atoms with Crippen molar-refractivity contribution in [3.63, 3.8) is 0 Å². The molecule has 0 amide bonds. The Bertz CT molecular complexity index is 1000. The minimum Gasteiger partial charge on any atom is -0.207 e. The molecule has 5 heteroatoms. The predicted molar refractivity (Wildman–Crippen MR) is 115 cm³/mol. The number of hydrogen-bond donors (Lipinski definition) is 0. The highest BCUT2D eigenvalue weighted by atomic mass is 35.5. The highest BCUT2D eigenvalue weighted by molar-refractivity contribution is 7.89. The molecule has 3 aromatic carbocycles. The van der Waals surface area contributed by atoms with Gasteiger partial charge in [-0.05, 0) is 48.7 Å². The average Bonchev–Trinajstić information content (AvgIpc) is 2.70. The summed E-state index contributed by atoms with van der Waals surface area (Å²) >= 11 is 5.96. The molecule has 0 unspecified atom stereocenters. The molecule has 0 spiro atoms. The molecule has 1 atom stereocenters. The van der Waals surface area contributed by atoms with E-state index >= 15 is 0 Å². The Morgan fingerprint density at radius 3 is 2.07 bits per heavy atom. The van der Waals surface area contributed by atoms with Crippen LogP contribution in [0.4, 0.5) is 0 Å². The lowest BCUT2D eigenvalue weighted by molar-refractivity contribution is 0.310. The number of sulfonamides is 1. The number of rotatable bonds is 7. The van der Waals surface area contributed by atoms with Crippen LogP contribution in [0.25, 0.3) is 0 Å². The first-order valence-electron chi connectivity index (χ1n) is 9.29. The van der Waals surface area contributed by atoms with Crippen LogP contribution >= 0.6 is 11.6 Å². The lowest BCUT2D eigenvalue weighted by Crippen LogP contribution is -2.34. The van der Waals surface area contributed by atoms with Gasteiger partial charge in [0, 0.05) is 11.6 Å². The third kappa shape index (κ3) is 4.64. The monoisotopic (exact) mass is 413 g/mol. The molecule has 0 N–H and O–H groups in total. The van der Waals surface area contributed by atoms with Gasteiger partial charge in [0.15, 0.2) is 0 Å². The van der Waals surface area contributed by atoms with Crippen molar-refractivity contribution in [2.24, 2.45) is 0 Å². The second-order valence-corrected chi connectivity index (χ2v) is 9.15. The first kappa shape index (κ1) is 20.6. The van der Waals surface area contributed by atoms with E-state index in [4.69, 9.17) is 11.6 Å². The number of benzene rings is 3. The highest BCUT2D eigenvalue weighted by Crippen LogP contribution is 2.32. The van der Waals surface area contributed by atoms with E-state index < -0.39 is 10.0 Å². The molecule has 0 radical (unpaired) electrons. The molecule has 0 fully saturated rings. The largest absolute Gasteiger partial charge is 0.243 e. The Morgan fingerprint density at radius 2 is 1.50 bits per heavy atom. The summed E-state index contributed by atoms with van der Waals surface area (Å²) < 4.78 is 28.7. The molecule has 0 saturated heterocycles. The van der Waals surface area contributed by atoms with E-state index in [1.165, 1.54) is 0 Å². The maximum atomic E-state index is 13.6. The molecule has 0 aliphatic rings. The summed E-state index contributed by atoms with van der Waals surface area (Å²) in [5, 5.41) is 0.513. The Hall–Kier alpha value is -2.14. The lowest BCUT2D eigenvalue weighted by atomic mass is 10.0. The lowest BCUT2D eigenvalue weighted by Gasteiger charge is -2.31. The van der Waals surface area contributed by atoms with E-state index in [0.29, 0.717) is 18.0 Å². The van der Waals surface area contributed by atoms with Gasteiger partial charge in [-0.3, -0.25) is 0 Å². The third-order valence-corrected chi connectivity index (χ3v) is 6.92. The molecule has 0 aromatic heterocycles. The van der Waals surface area contributed by atoms with E-state index in [-0.39, 0.29) is 10.9 Å². The van der Waals surface area contributed by atoms with Gasteiger partial charge in [-0.25, -0.2) is 8.42 Å². The van der Waals surface area contributed by atoms with Crippen molar-refractivity contribution in [3.05, 3.63) is 101 Å². The van der Waals surface area contributed by atoms with Crippen LogP contribution in [-0.4, -0.2) is 12.7 Å². The van der Waals surface area contributed by atoms with E-state index in [0.717, 1.165) is 16.7 Å². The molecular weight excluding hydrogens is 390 g/mol. The second-order valence-electron chi connectivity index (χ2n) is 6.82. The van der Waals surface area contributed by atoms with Gasteiger partial charge in [0.25, 0.3) is 0 Å². The number of hydrogen-bond acceptors (Lipinski definition) is 2. The van der Waals surface area contributed by atoms with Gasteiger partial charge in [0.2, 0.25) is 10.0 Å². The molecule has 28 heavy (non-hydrogen) atoms. The zero-order chi connectivity index (χ0) is 20.1. The van der Waals surface area contributed by atoms with Crippen LogP contribution in [0.15, 0.2) is 83.8 Å². The minimum atomic E-state index is -3.71. The van der Waals surface area contributed by atoms with Crippen molar-refractivity contribution in [2.45, 2.75) is 37.8 Å². The Labute approximate surface area is 172 Å². The van der Waals surface area contributed by atoms with Gasteiger partial charge in [-0.1, -0.05) is 78.7 Å². The van der Waals surface area contributed by atoms with Crippen molar-refractivity contribution in [1.29, 1.82) is 0 Å². The van der Waals surface area contributed by atoms with Gasteiger partial charge in [-0.2, -0.15) is 4.31 Å². The van der Waals surface area contributed by atoms with Crippen LogP contribution in [0.5, 0.6) is 0 Å². The molecule has 0 heterocycles. The quantitative estimate of drug-likeness (QED) is 0.477. The van der Waals surface area contributed by atoms with Crippen LogP contribution in [0.2, 0.25) is 5.02 Å². The molecule has 0 aliphatic heterocycles. The summed E-state index contributed by atoms with van der Waals surface area (Å²) in [7, 11) is -3.71. The number of halogens is 1. The first-order chi connectivity index (χ1) is 13.4. The van der Waals surface area contributed by atoms with Gasteiger partial charge in [0.05, 0.1) is 10.9 Å². The smallest absolute Gasteiger partial charge is 0.207 e. The zero-order valence-electron chi connectivity index (χ0n) is 16.0. The van der Waals surface area contributed by atoms with Crippen LogP contribution < -0.4 is 0 Å². The molecule has 0 bridgehead atoms. The second kappa shape index (κ2) is 8.91. The number of nitrogens with zero attached hydrogens (tertiary/aromatic N) is 1. The first-order valence-corrected chi connectivity index (χ1v) is 11.1. The van der Waals surface area contributed by atoms with Crippen LogP contribution in [-0.2, 0) is 16.6 Å². The Kier molecular flexibility index (Phi) is 6.55. The van der Waals surface area contributed by atoms with Crippen LogP contribution in [0.3, 0.4) is 0 Å². The molecule has 0 aliphatic carbocycles. The fourth-order valence-electron chi connectivity index (χ4n) is 3.26. The fraction of sp³-hybridized carbons (Fsp3) is 0.217. The van der Waals surface area contributed by atoms with E-state index in [2.05, 4.69) is 0 Å². The molecule has 0 saturated carbocycles. The van der Waals surface area contributed by atoms with E-state index in [1.807, 2.05) is 68.4 Å². The Morgan fingerprint density at radius 1 is 0.893 bits per heavy atom. The fourth-order valence-corrected chi connectivity index (χ4v) is 5.06. The van der Waals surface area contributed by atoms with E-state index in [9.17, 15) is 8.42 Å². The zero-order valence-corrected chi connectivity index (χ0v) is 17.6. The molecule has 146 valence electrons. The maximum absolute atomic E-state index is 13.6. The Balaban J connectivity index is 2.07. The molecular formula is C23H24ClNO2S. The SMILES string of the molecule is CC[C@@H](c1ccccc1)N(Cc1ccc(C)cc1)S(=O)(=O)c1ccc(Cl)cc1. The van der Waals surface area contributed by atoms with Crippen LogP contribution in [0, 0.1) is 6.92 Å². The van der Waals surface area contributed by atoms with E-state index in [1.54, 1.807) is 28.6 Å². The average molecular weight is 414 g/mol. The van der Waals surface area contributed by atoms with Crippen molar-refractivity contribution >= 4 is 21.6 Å². The van der Waals surface area contributed by atoms with Crippen LogP contribution in [0.1, 0.15) is 36.1 Å². The van der Waals surface area contributed by atoms with Crippen molar-refractivity contribution in [1.82, 2.24) is 4.31 Å². The van der Waals surface area contributed by atoms with Crippen molar-refractivity contribution < 1.29 is 8.42 Å². The molecule has 3 rings (SSSR count).